The van der Waals surface area contributed by atoms with Crippen LogP contribution in [0.3, 0.4) is 0 Å². The average Bonchev–Trinajstić information content (AvgIpc) is 2.59. The number of carbonyl (C=O) groups excluding carboxylic acids is 1. The predicted octanol–water partition coefficient (Wildman–Crippen LogP) is 4.58. The van der Waals surface area contributed by atoms with Crippen molar-refractivity contribution in [3.63, 3.8) is 0 Å². The summed E-state index contributed by atoms with van der Waals surface area (Å²) in [5, 5.41) is 2.12. The Morgan fingerprint density at radius 2 is 1.68 bits per heavy atom. The Balaban J connectivity index is 1.70. The first-order chi connectivity index (χ1) is 10.8. The van der Waals surface area contributed by atoms with Crippen LogP contribution in [0.5, 0.6) is 0 Å². The van der Waals surface area contributed by atoms with Crippen LogP contribution in [0.25, 0.3) is 10.8 Å². The number of fused-ring (bicyclic) bond motifs is 1. The van der Waals surface area contributed by atoms with Crippen LogP contribution >= 0.6 is 0 Å². The van der Waals surface area contributed by atoms with Gasteiger partial charge in [0.1, 0.15) is 0 Å². The second-order valence-corrected chi connectivity index (χ2v) is 5.69. The molecule has 1 aliphatic heterocycles. The van der Waals surface area contributed by atoms with Crippen LogP contribution in [0.4, 0.5) is 0 Å². The highest BCUT2D eigenvalue weighted by molar-refractivity contribution is 6.13. The monoisotopic (exact) mass is 291 g/mol. The number of likely N-dealkylation sites (tertiary alicyclic amines) is 1. The highest BCUT2D eigenvalue weighted by Gasteiger charge is 2.06. The summed E-state index contributed by atoms with van der Waals surface area (Å²) in [4.78, 5) is 14.7. The Morgan fingerprint density at radius 3 is 2.55 bits per heavy atom. The Labute approximate surface area is 131 Å². The van der Waals surface area contributed by atoms with Crippen molar-refractivity contribution in [3.05, 3.63) is 72.5 Å². The van der Waals surface area contributed by atoms with E-state index in [-0.39, 0.29) is 5.78 Å². The van der Waals surface area contributed by atoms with Crippen molar-refractivity contribution in [3.8, 4) is 0 Å². The number of allylic oxidation sites excluding steroid dienone is 3. The van der Waals surface area contributed by atoms with Crippen molar-refractivity contribution in [2.75, 3.05) is 13.1 Å². The third kappa shape index (κ3) is 3.45. The molecule has 0 saturated carbocycles. The van der Waals surface area contributed by atoms with Gasteiger partial charge in [-0.25, -0.2) is 0 Å². The normalized spacial score (nSPS) is 15.9. The van der Waals surface area contributed by atoms with Crippen molar-refractivity contribution in [1.29, 1.82) is 0 Å². The summed E-state index contributed by atoms with van der Waals surface area (Å²) < 4.78 is 0. The molecule has 1 aliphatic rings. The molecule has 22 heavy (non-hydrogen) atoms. The number of nitrogens with zero attached hydrogens (tertiary/aromatic N) is 1. The fourth-order valence-electron chi connectivity index (χ4n) is 2.91. The maximum absolute atomic E-state index is 12.4. The van der Waals surface area contributed by atoms with Gasteiger partial charge in [0, 0.05) is 18.7 Å². The van der Waals surface area contributed by atoms with E-state index in [0.29, 0.717) is 0 Å². The van der Waals surface area contributed by atoms with Gasteiger partial charge in [-0.2, -0.15) is 0 Å². The van der Waals surface area contributed by atoms with Crippen LogP contribution in [0.15, 0.2) is 66.9 Å². The minimum absolute atomic E-state index is 0.0556. The zero-order chi connectivity index (χ0) is 15.2. The Bertz CT molecular complexity index is 703. The second-order valence-electron chi connectivity index (χ2n) is 5.69. The minimum Gasteiger partial charge on any atom is -0.377 e. The average molecular weight is 291 g/mol. The lowest BCUT2D eigenvalue weighted by Gasteiger charge is -2.24. The quantitative estimate of drug-likeness (QED) is 0.467. The number of carbonyl (C=O) groups is 1. The van der Waals surface area contributed by atoms with E-state index in [9.17, 15) is 4.79 Å². The van der Waals surface area contributed by atoms with Gasteiger partial charge < -0.3 is 4.90 Å². The van der Waals surface area contributed by atoms with E-state index in [0.717, 1.165) is 29.4 Å². The van der Waals surface area contributed by atoms with Crippen LogP contribution in [-0.4, -0.2) is 23.8 Å². The molecule has 0 N–H and O–H groups in total. The molecule has 0 amide bonds. The summed E-state index contributed by atoms with van der Waals surface area (Å²) in [6, 6.07) is 13.9. The molecule has 2 nitrogen and oxygen atoms in total. The van der Waals surface area contributed by atoms with Crippen molar-refractivity contribution in [1.82, 2.24) is 4.90 Å². The Hall–Kier alpha value is -2.35. The summed E-state index contributed by atoms with van der Waals surface area (Å²) in [6.07, 6.45) is 11.4. The van der Waals surface area contributed by atoms with E-state index in [1.807, 2.05) is 54.6 Å². The van der Waals surface area contributed by atoms with Crippen LogP contribution in [0.2, 0.25) is 0 Å². The van der Waals surface area contributed by atoms with Crippen LogP contribution in [-0.2, 0) is 0 Å². The van der Waals surface area contributed by atoms with E-state index < -0.39 is 0 Å². The summed E-state index contributed by atoms with van der Waals surface area (Å²) in [5.74, 6) is 0.0556. The SMILES string of the molecule is O=C(/C=C/C=C/N1CCCCC1)c1cccc2ccccc12. The number of hydrogen-bond donors (Lipinski definition) is 0. The van der Waals surface area contributed by atoms with Crippen LogP contribution in [0.1, 0.15) is 29.6 Å². The number of ketones is 1. The van der Waals surface area contributed by atoms with Crippen molar-refractivity contribution >= 4 is 16.6 Å². The van der Waals surface area contributed by atoms with E-state index >= 15 is 0 Å². The molecule has 3 rings (SSSR count). The minimum atomic E-state index is 0.0556. The van der Waals surface area contributed by atoms with Crippen LogP contribution in [0, 0.1) is 0 Å². The lowest BCUT2D eigenvalue weighted by atomic mass is 10.0. The number of hydrogen-bond acceptors (Lipinski definition) is 2. The first kappa shape index (κ1) is 14.6. The fourth-order valence-corrected chi connectivity index (χ4v) is 2.91. The molecule has 0 spiro atoms. The molecule has 0 aliphatic carbocycles. The zero-order valence-electron chi connectivity index (χ0n) is 12.7. The van der Waals surface area contributed by atoms with Gasteiger partial charge in [0.05, 0.1) is 0 Å². The molecular weight excluding hydrogens is 270 g/mol. The Kier molecular flexibility index (Phi) is 4.69. The number of rotatable bonds is 4. The zero-order valence-corrected chi connectivity index (χ0v) is 12.7. The summed E-state index contributed by atoms with van der Waals surface area (Å²) in [6.45, 7) is 2.25. The van der Waals surface area contributed by atoms with Crippen molar-refractivity contribution < 1.29 is 4.79 Å². The predicted molar refractivity (Wildman–Crippen MR) is 92.0 cm³/mol. The fraction of sp³-hybridized carbons (Fsp3) is 0.250. The van der Waals surface area contributed by atoms with Gasteiger partial charge in [-0.15, -0.1) is 0 Å². The highest BCUT2D eigenvalue weighted by atomic mass is 16.1. The third-order valence-corrected chi connectivity index (χ3v) is 4.10. The standard InChI is InChI=1S/C20H21NO/c22-20(13-4-7-16-21-14-5-1-6-15-21)19-12-8-10-17-9-2-3-11-18(17)19/h2-4,7-13,16H,1,5-6,14-15H2/b13-4+,16-7+. The molecule has 112 valence electrons. The molecular formula is C20H21NO. The molecule has 1 fully saturated rings. The number of benzene rings is 2. The van der Waals surface area contributed by atoms with Crippen molar-refractivity contribution in [2.45, 2.75) is 19.3 Å². The third-order valence-electron chi connectivity index (χ3n) is 4.10. The van der Waals surface area contributed by atoms with E-state index in [4.69, 9.17) is 0 Å². The van der Waals surface area contributed by atoms with Gasteiger partial charge in [-0.1, -0.05) is 48.5 Å². The van der Waals surface area contributed by atoms with Crippen molar-refractivity contribution in [2.24, 2.45) is 0 Å². The van der Waals surface area contributed by atoms with Gasteiger partial charge >= 0.3 is 0 Å². The summed E-state index contributed by atoms with van der Waals surface area (Å²) in [5.41, 5.74) is 0.765. The van der Waals surface area contributed by atoms with E-state index in [1.165, 1.54) is 19.3 Å². The van der Waals surface area contributed by atoms with E-state index in [1.54, 1.807) is 6.08 Å². The molecule has 0 aromatic heterocycles. The molecule has 2 aromatic rings. The summed E-state index contributed by atoms with van der Waals surface area (Å²) in [7, 11) is 0. The van der Waals surface area contributed by atoms with Gasteiger partial charge in [0.2, 0.25) is 0 Å². The Morgan fingerprint density at radius 1 is 0.909 bits per heavy atom. The highest BCUT2D eigenvalue weighted by Crippen LogP contribution is 2.19. The first-order valence-electron chi connectivity index (χ1n) is 7.95. The first-order valence-corrected chi connectivity index (χ1v) is 7.95. The van der Waals surface area contributed by atoms with E-state index in [2.05, 4.69) is 11.1 Å². The molecule has 1 heterocycles. The topological polar surface area (TPSA) is 20.3 Å². The molecule has 1 saturated heterocycles. The smallest absolute Gasteiger partial charge is 0.186 e. The maximum atomic E-state index is 12.4. The molecule has 0 bridgehead atoms. The lowest BCUT2D eigenvalue weighted by molar-refractivity contribution is 0.104. The van der Waals surface area contributed by atoms with Gasteiger partial charge in [0.15, 0.2) is 5.78 Å². The molecule has 0 atom stereocenters. The van der Waals surface area contributed by atoms with Crippen LogP contribution < -0.4 is 0 Å². The molecule has 2 aromatic carbocycles. The largest absolute Gasteiger partial charge is 0.377 e. The maximum Gasteiger partial charge on any atom is 0.186 e. The molecule has 2 heteroatoms. The molecule has 0 unspecified atom stereocenters. The summed E-state index contributed by atoms with van der Waals surface area (Å²) >= 11 is 0. The van der Waals surface area contributed by atoms with Gasteiger partial charge in [-0.3, -0.25) is 4.79 Å². The lowest BCUT2D eigenvalue weighted by Crippen LogP contribution is -2.23. The molecule has 0 radical (unpaired) electrons. The second kappa shape index (κ2) is 7.08. The van der Waals surface area contributed by atoms with Gasteiger partial charge in [-0.05, 0) is 48.4 Å². The van der Waals surface area contributed by atoms with Gasteiger partial charge in [0.25, 0.3) is 0 Å². The number of piperidine rings is 1.